The summed E-state index contributed by atoms with van der Waals surface area (Å²) in [5.41, 5.74) is -0.262. The van der Waals surface area contributed by atoms with E-state index in [2.05, 4.69) is 20.1 Å². The maximum Gasteiger partial charge on any atom is 0.293 e. The fourth-order valence-corrected chi connectivity index (χ4v) is 8.58. The van der Waals surface area contributed by atoms with Crippen molar-refractivity contribution in [3.63, 3.8) is 0 Å². The number of hydrogen-bond donors (Lipinski definition) is 0. The standard InChI is InChI=1S/C21H32O3S/c1-19-7-4-8-20(2,24-13-22)16(19)6-10-21-9-5-14(11-17(19)21)15(12-25-3)18(21)23/h13-17H,4-12H2,1-3H3/t14-,15-,16-,17?,19+,20+,21-/m0/s1. The van der Waals surface area contributed by atoms with E-state index in [1.54, 1.807) is 0 Å². The van der Waals surface area contributed by atoms with Crippen LogP contribution < -0.4 is 0 Å². The van der Waals surface area contributed by atoms with E-state index < -0.39 is 0 Å². The molecule has 0 aromatic heterocycles. The molecule has 0 radical (unpaired) electrons. The molecule has 0 N–H and O–H groups in total. The molecule has 1 spiro atoms. The topological polar surface area (TPSA) is 43.4 Å². The van der Waals surface area contributed by atoms with Crippen LogP contribution in [-0.4, -0.2) is 29.9 Å². The Morgan fingerprint density at radius 1 is 1.16 bits per heavy atom. The molecule has 5 saturated carbocycles. The molecular weight excluding hydrogens is 332 g/mol. The SMILES string of the molecule is CSC[C@@H]1C(=O)[C@]23CC[C@H]1CC2[C@]1(C)CCC[C@@](C)(OC=O)[C@H]1CC3. The third-order valence-corrected chi connectivity index (χ3v) is 9.52. The lowest BCUT2D eigenvalue weighted by Crippen LogP contribution is -2.66. The molecule has 0 aliphatic heterocycles. The van der Waals surface area contributed by atoms with E-state index >= 15 is 0 Å². The largest absolute Gasteiger partial charge is 0.461 e. The lowest BCUT2D eigenvalue weighted by atomic mass is 9.37. The van der Waals surface area contributed by atoms with Gasteiger partial charge in [-0.3, -0.25) is 9.59 Å². The smallest absolute Gasteiger partial charge is 0.293 e. The van der Waals surface area contributed by atoms with Gasteiger partial charge in [-0.2, -0.15) is 11.8 Å². The first-order chi connectivity index (χ1) is 11.9. The number of fused-ring (bicyclic) bond motifs is 3. The Hall–Kier alpha value is -0.510. The molecule has 4 heteroatoms. The molecular formula is C21H32O3S. The molecule has 0 heterocycles. The molecule has 0 saturated heterocycles. The zero-order valence-corrected chi connectivity index (χ0v) is 16.7. The van der Waals surface area contributed by atoms with Crippen molar-refractivity contribution >= 4 is 24.0 Å². The Bertz CT molecular complexity index is 577. The molecule has 140 valence electrons. The molecule has 5 rings (SSSR count). The normalized spacial score (nSPS) is 51.6. The van der Waals surface area contributed by atoms with Gasteiger partial charge in [-0.25, -0.2) is 0 Å². The van der Waals surface area contributed by atoms with E-state index in [-0.39, 0.29) is 16.4 Å². The van der Waals surface area contributed by atoms with E-state index in [0.29, 0.717) is 35.9 Å². The van der Waals surface area contributed by atoms with Gasteiger partial charge in [0.25, 0.3) is 6.47 Å². The molecule has 1 unspecified atom stereocenters. The summed E-state index contributed by atoms with van der Waals surface area (Å²) in [6.07, 6.45) is 11.0. The Morgan fingerprint density at radius 3 is 2.64 bits per heavy atom. The molecule has 0 amide bonds. The van der Waals surface area contributed by atoms with Gasteiger partial charge in [0, 0.05) is 23.0 Å². The van der Waals surface area contributed by atoms with Crippen molar-refractivity contribution in [1.29, 1.82) is 0 Å². The van der Waals surface area contributed by atoms with Crippen molar-refractivity contribution in [3.8, 4) is 0 Å². The third kappa shape index (κ3) is 2.31. The summed E-state index contributed by atoms with van der Waals surface area (Å²) < 4.78 is 5.68. The van der Waals surface area contributed by atoms with Crippen LogP contribution in [0.4, 0.5) is 0 Å². The summed E-state index contributed by atoms with van der Waals surface area (Å²) in [5.74, 6) is 3.38. The maximum absolute atomic E-state index is 13.5. The highest BCUT2D eigenvalue weighted by Crippen LogP contribution is 2.70. The number of rotatable bonds is 4. The zero-order chi connectivity index (χ0) is 17.9. The van der Waals surface area contributed by atoms with E-state index in [9.17, 15) is 9.59 Å². The van der Waals surface area contributed by atoms with Crippen LogP contribution in [-0.2, 0) is 14.3 Å². The fourth-order valence-electron chi connectivity index (χ4n) is 7.79. The van der Waals surface area contributed by atoms with Crippen LogP contribution in [0.2, 0.25) is 0 Å². The van der Waals surface area contributed by atoms with Gasteiger partial charge in [0.2, 0.25) is 0 Å². The minimum atomic E-state index is -0.339. The van der Waals surface area contributed by atoms with Crippen molar-refractivity contribution in [2.24, 2.45) is 34.5 Å². The highest BCUT2D eigenvalue weighted by molar-refractivity contribution is 7.98. The summed E-state index contributed by atoms with van der Waals surface area (Å²) in [4.78, 5) is 24.7. The second kappa shape index (κ2) is 6.00. The number of ketones is 1. The lowest BCUT2D eigenvalue weighted by Gasteiger charge is -2.67. The Balaban J connectivity index is 1.71. The van der Waals surface area contributed by atoms with Crippen molar-refractivity contribution < 1.29 is 14.3 Å². The maximum atomic E-state index is 13.5. The number of ether oxygens (including phenoxy) is 1. The van der Waals surface area contributed by atoms with Crippen molar-refractivity contribution in [2.45, 2.75) is 70.8 Å². The van der Waals surface area contributed by atoms with E-state index in [1.807, 2.05) is 11.8 Å². The second-order valence-electron chi connectivity index (χ2n) is 9.65. The Labute approximate surface area is 156 Å². The van der Waals surface area contributed by atoms with Crippen molar-refractivity contribution in [3.05, 3.63) is 0 Å². The van der Waals surface area contributed by atoms with Crippen molar-refractivity contribution in [1.82, 2.24) is 0 Å². The van der Waals surface area contributed by atoms with Gasteiger partial charge in [0.1, 0.15) is 11.4 Å². The van der Waals surface area contributed by atoms with Crippen LogP contribution in [0, 0.1) is 34.5 Å². The molecule has 25 heavy (non-hydrogen) atoms. The van der Waals surface area contributed by atoms with Gasteiger partial charge in [0.05, 0.1) is 0 Å². The third-order valence-electron chi connectivity index (χ3n) is 8.82. The summed E-state index contributed by atoms with van der Waals surface area (Å²) >= 11 is 1.84. The summed E-state index contributed by atoms with van der Waals surface area (Å²) in [5, 5.41) is 0. The predicted molar refractivity (Wildman–Crippen MR) is 100 cm³/mol. The van der Waals surface area contributed by atoms with Crippen LogP contribution >= 0.6 is 11.8 Å². The van der Waals surface area contributed by atoms with Gasteiger partial charge < -0.3 is 4.74 Å². The number of Topliss-reactive ketones (excluding diaryl/α,β-unsaturated/α-hetero) is 1. The molecule has 5 aliphatic rings. The number of thioether (sulfide) groups is 1. The molecule has 0 aromatic rings. The zero-order valence-electron chi connectivity index (χ0n) is 15.9. The highest BCUT2D eigenvalue weighted by Gasteiger charge is 2.68. The van der Waals surface area contributed by atoms with Crippen LogP contribution in [0.3, 0.4) is 0 Å². The first kappa shape index (κ1) is 17.9. The summed E-state index contributed by atoms with van der Waals surface area (Å²) in [6, 6.07) is 0. The van der Waals surface area contributed by atoms with E-state index in [1.165, 1.54) is 19.3 Å². The van der Waals surface area contributed by atoms with E-state index in [0.717, 1.165) is 37.9 Å². The summed E-state index contributed by atoms with van der Waals surface area (Å²) in [6.45, 7) is 5.22. The van der Waals surface area contributed by atoms with Gasteiger partial charge in [-0.1, -0.05) is 6.92 Å². The minimum Gasteiger partial charge on any atom is -0.461 e. The summed E-state index contributed by atoms with van der Waals surface area (Å²) in [7, 11) is 0. The Kier molecular flexibility index (Phi) is 4.29. The first-order valence-corrected chi connectivity index (χ1v) is 11.5. The van der Waals surface area contributed by atoms with E-state index in [4.69, 9.17) is 4.74 Å². The molecule has 5 aliphatic carbocycles. The van der Waals surface area contributed by atoms with Crippen LogP contribution in [0.15, 0.2) is 0 Å². The average Bonchev–Trinajstić information content (AvgIpc) is 2.58. The minimum absolute atomic E-state index is 0.0696. The van der Waals surface area contributed by atoms with Crippen LogP contribution in [0.1, 0.15) is 65.2 Å². The number of carbonyl (C=O) groups is 2. The van der Waals surface area contributed by atoms with Gasteiger partial charge in [0.15, 0.2) is 0 Å². The molecule has 0 aromatic carbocycles. The molecule has 2 bridgehead atoms. The van der Waals surface area contributed by atoms with Crippen LogP contribution in [0.25, 0.3) is 0 Å². The highest BCUT2D eigenvalue weighted by atomic mass is 32.2. The van der Waals surface area contributed by atoms with Crippen LogP contribution in [0.5, 0.6) is 0 Å². The van der Waals surface area contributed by atoms with Gasteiger partial charge >= 0.3 is 0 Å². The number of hydrogen-bond acceptors (Lipinski definition) is 4. The predicted octanol–water partition coefficient (Wildman–Crippen LogP) is 4.48. The van der Waals surface area contributed by atoms with Crippen molar-refractivity contribution in [2.75, 3.05) is 12.0 Å². The number of carbonyl (C=O) groups excluding carboxylic acids is 2. The fraction of sp³-hybridized carbons (Fsp3) is 0.905. The molecule has 7 atom stereocenters. The monoisotopic (exact) mass is 364 g/mol. The van der Waals surface area contributed by atoms with Gasteiger partial charge in [-0.15, -0.1) is 0 Å². The second-order valence-corrected chi connectivity index (χ2v) is 10.6. The quantitative estimate of drug-likeness (QED) is 0.690. The molecule has 3 nitrogen and oxygen atoms in total. The first-order valence-electron chi connectivity index (χ1n) is 10.1. The molecule has 5 fully saturated rings. The van der Waals surface area contributed by atoms with Gasteiger partial charge in [-0.05, 0) is 81.8 Å². The Morgan fingerprint density at radius 2 is 1.92 bits per heavy atom. The lowest BCUT2D eigenvalue weighted by molar-refractivity contribution is -0.215. The average molecular weight is 365 g/mol.